The van der Waals surface area contributed by atoms with Crippen molar-refractivity contribution >= 4 is 34.7 Å². The van der Waals surface area contributed by atoms with E-state index in [4.69, 9.17) is 10.5 Å². The Hall–Kier alpha value is -3.33. The van der Waals surface area contributed by atoms with Crippen LogP contribution in [0.15, 0.2) is 42.0 Å². The highest BCUT2D eigenvalue weighted by atomic mass is 32.1. The largest absolute Gasteiger partial charge is 0.372 e. The zero-order chi connectivity index (χ0) is 21.8. The van der Waals surface area contributed by atoms with Gasteiger partial charge >= 0.3 is 0 Å². The highest BCUT2D eigenvalue weighted by Gasteiger charge is 2.11. The molecule has 0 aliphatic rings. The monoisotopic (exact) mass is 414 g/mol. The Labute approximate surface area is 183 Å². The average Bonchev–Trinajstić information content (AvgIpc) is 3.25. The second-order valence-corrected chi connectivity index (χ2v) is 8.02. The first-order valence-electron chi connectivity index (χ1n) is 10.2. The molecule has 152 valence electrons. The van der Waals surface area contributed by atoms with E-state index in [9.17, 15) is 5.26 Å². The lowest BCUT2D eigenvalue weighted by Crippen LogP contribution is -2.25. The first-order chi connectivity index (χ1) is 14.7. The van der Waals surface area contributed by atoms with Gasteiger partial charge in [0.25, 0.3) is 0 Å². The van der Waals surface area contributed by atoms with Crippen molar-refractivity contribution in [2.24, 2.45) is 0 Å². The molecule has 30 heavy (non-hydrogen) atoms. The highest BCUT2D eigenvalue weighted by molar-refractivity contribution is 7.14. The van der Waals surface area contributed by atoms with E-state index < -0.39 is 0 Å². The molecule has 0 bridgehead atoms. The third kappa shape index (κ3) is 6.35. The highest BCUT2D eigenvalue weighted by Crippen LogP contribution is 2.27. The molecule has 0 aliphatic heterocycles. The van der Waals surface area contributed by atoms with Crippen LogP contribution in [-0.4, -0.2) is 13.1 Å². The van der Waals surface area contributed by atoms with E-state index in [1.165, 1.54) is 42.7 Å². The van der Waals surface area contributed by atoms with Crippen LogP contribution in [0.4, 0.5) is 5.69 Å². The summed E-state index contributed by atoms with van der Waals surface area (Å²) in [6.45, 7) is 6.62. The van der Waals surface area contributed by atoms with E-state index in [1.54, 1.807) is 18.2 Å². The van der Waals surface area contributed by atoms with Gasteiger partial charge in [-0.15, -0.1) is 11.3 Å². The summed E-state index contributed by atoms with van der Waals surface area (Å²) in [6, 6.07) is 17.8. The van der Waals surface area contributed by atoms with Crippen molar-refractivity contribution in [1.29, 1.82) is 15.8 Å². The number of nitrogens with zero attached hydrogens (tertiary/aromatic N) is 4. The van der Waals surface area contributed by atoms with E-state index in [0.29, 0.717) is 4.88 Å². The molecule has 0 spiro atoms. The Bertz CT molecular complexity index is 983. The van der Waals surface area contributed by atoms with Gasteiger partial charge in [0.2, 0.25) is 0 Å². The second kappa shape index (κ2) is 12.3. The fourth-order valence-electron chi connectivity index (χ4n) is 2.99. The summed E-state index contributed by atoms with van der Waals surface area (Å²) in [5, 5.41) is 27.3. The molecule has 0 N–H and O–H groups in total. The molecule has 0 amide bonds. The molecule has 0 saturated heterocycles. The summed E-state index contributed by atoms with van der Waals surface area (Å²) in [7, 11) is 0. The standard InChI is InChI=1S/C25H26N4S/c1-3-5-15-29(16-6-4-2)22-10-7-20(8-11-22)9-12-23-13-14-25(30-23)24(19-28)21(17-26)18-27/h7-14H,3-6,15-16H2,1-2H3. The lowest BCUT2D eigenvalue weighted by Gasteiger charge is -2.24. The minimum Gasteiger partial charge on any atom is -0.372 e. The molecule has 4 nitrogen and oxygen atoms in total. The summed E-state index contributed by atoms with van der Waals surface area (Å²) in [4.78, 5) is 4.06. The van der Waals surface area contributed by atoms with Crippen molar-refractivity contribution in [2.45, 2.75) is 39.5 Å². The van der Waals surface area contributed by atoms with Crippen molar-refractivity contribution in [1.82, 2.24) is 0 Å². The second-order valence-electron chi connectivity index (χ2n) is 6.91. The predicted molar refractivity (Wildman–Crippen MR) is 125 cm³/mol. The first-order valence-corrected chi connectivity index (χ1v) is 11.1. The summed E-state index contributed by atoms with van der Waals surface area (Å²) < 4.78 is 0. The molecule has 2 rings (SSSR count). The molecule has 1 heterocycles. The van der Waals surface area contributed by atoms with Crippen LogP contribution in [0, 0.1) is 34.0 Å². The summed E-state index contributed by atoms with van der Waals surface area (Å²) in [5.74, 6) is 0. The molecular weight excluding hydrogens is 388 g/mol. The first kappa shape index (κ1) is 23.0. The summed E-state index contributed by atoms with van der Waals surface area (Å²) in [5.41, 5.74) is 2.34. The van der Waals surface area contributed by atoms with Gasteiger partial charge in [-0.2, -0.15) is 15.8 Å². The predicted octanol–water partition coefficient (Wildman–Crippen LogP) is 6.65. The lowest BCUT2D eigenvalue weighted by molar-refractivity contribution is 0.678. The normalized spacial score (nSPS) is 10.2. The number of benzene rings is 1. The number of hydrogen-bond acceptors (Lipinski definition) is 5. The molecule has 0 unspecified atom stereocenters. The molecule has 0 atom stereocenters. The van der Waals surface area contributed by atoms with Crippen LogP contribution < -0.4 is 4.90 Å². The molecule has 0 saturated carbocycles. The van der Waals surface area contributed by atoms with E-state index in [0.717, 1.165) is 23.5 Å². The van der Waals surface area contributed by atoms with Crippen LogP contribution in [0.3, 0.4) is 0 Å². The van der Waals surface area contributed by atoms with E-state index in [1.807, 2.05) is 24.3 Å². The number of rotatable bonds is 10. The van der Waals surface area contributed by atoms with Crippen molar-refractivity contribution < 1.29 is 0 Å². The number of unbranched alkanes of at least 4 members (excludes halogenated alkanes) is 2. The van der Waals surface area contributed by atoms with E-state index in [2.05, 4.69) is 43.0 Å². The maximum Gasteiger partial charge on any atom is 0.148 e. The Morgan fingerprint density at radius 2 is 1.50 bits per heavy atom. The van der Waals surface area contributed by atoms with Gasteiger partial charge in [-0.3, -0.25) is 0 Å². The minimum atomic E-state index is -0.152. The van der Waals surface area contributed by atoms with Gasteiger partial charge in [0.15, 0.2) is 0 Å². The van der Waals surface area contributed by atoms with Crippen LogP contribution in [0.25, 0.3) is 17.7 Å². The van der Waals surface area contributed by atoms with Gasteiger partial charge in [-0.05, 0) is 48.7 Å². The number of allylic oxidation sites excluding steroid dienone is 2. The van der Waals surface area contributed by atoms with Crippen molar-refractivity contribution in [2.75, 3.05) is 18.0 Å². The summed E-state index contributed by atoms with van der Waals surface area (Å²) in [6.07, 6.45) is 8.81. The molecule has 1 aromatic heterocycles. The van der Waals surface area contributed by atoms with Crippen LogP contribution in [-0.2, 0) is 0 Å². The Morgan fingerprint density at radius 1 is 0.867 bits per heavy atom. The van der Waals surface area contributed by atoms with Crippen molar-refractivity contribution in [3.63, 3.8) is 0 Å². The number of anilines is 1. The molecule has 0 aliphatic carbocycles. The van der Waals surface area contributed by atoms with Crippen LogP contribution >= 0.6 is 11.3 Å². The van der Waals surface area contributed by atoms with Crippen LogP contribution in [0.5, 0.6) is 0 Å². The smallest absolute Gasteiger partial charge is 0.148 e. The van der Waals surface area contributed by atoms with E-state index in [-0.39, 0.29) is 11.1 Å². The third-order valence-corrected chi connectivity index (χ3v) is 5.79. The van der Waals surface area contributed by atoms with Crippen LogP contribution in [0.2, 0.25) is 0 Å². The fourth-order valence-corrected chi connectivity index (χ4v) is 3.90. The minimum absolute atomic E-state index is 0.133. The average molecular weight is 415 g/mol. The van der Waals surface area contributed by atoms with Crippen molar-refractivity contribution in [3.8, 4) is 18.2 Å². The summed E-state index contributed by atoms with van der Waals surface area (Å²) >= 11 is 1.39. The Morgan fingerprint density at radius 3 is 2.03 bits per heavy atom. The molecule has 0 fully saturated rings. The van der Waals surface area contributed by atoms with Gasteiger partial charge in [-0.1, -0.05) is 44.9 Å². The van der Waals surface area contributed by atoms with Gasteiger partial charge < -0.3 is 4.90 Å². The number of nitriles is 3. The number of thiophene rings is 1. The van der Waals surface area contributed by atoms with Gasteiger partial charge in [0.1, 0.15) is 23.8 Å². The molecule has 2 aromatic rings. The van der Waals surface area contributed by atoms with Crippen molar-refractivity contribution in [3.05, 3.63) is 57.3 Å². The third-order valence-electron chi connectivity index (χ3n) is 4.72. The molecular formula is C25H26N4S. The van der Waals surface area contributed by atoms with Gasteiger partial charge in [0.05, 0.1) is 5.57 Å². The topological polar surface area (TPSA) is 74.6 Å². The molecule has 1 aromatic carbocycles. The maximum atomic E-state index is 9.28. The molecule has 0 radical (unpaired) electrons. The van der Waals surface area contributed by atoms with Gasteiger partial charge in [-0.25, -0.2) is 0 Å². The van der Waals surface area contributed by atoms with E-state index >= 15 is 0 Å². The Balaban J connectivity index is 2.13. The SMILES string of the molecule is CCCCN(CCCC)c1ccc(C=Cc2ccc(C(C#N)=C(C#N)C#N)s2)cc1. The van der Waals surface area contributed by atoms with Crippen LogP contribution in [0.1, 0.15) is 54.8 Å². The molecule has 5 heteroatoms. The Kier molecular flexibility index (Phi) is 9.39. The zero-order valence-corrected chi connectivity index (χ0v) is 18.4. The maximum absolute atomic E-state index is 9.28. The zero-order valence-electron chi connectivity index (χ0n) is 17.6. The quantitative estimate of drug-likeness (QED) is 0.408. The fraction of sp³-hybridized carbons (Fsp3) is 0.320. The lowest BCUT2D eigenvalue weighted by atomic mass is 10.1. The van der Waals surface area contributed by atoms with Gasteiger partial charge in [0, 0.05) is 28.5 Å². The number of hydrogen-bond donors (Lipinski definition) is 0.